The number of nitrogens with zero attached hydrogens (tertiary/aromatic N) is 8. The van der Waals surface area contributed by atoms with Crippen molar-refractivity contribution < 1.29 is 0 Å². The quantitative estimate of drug-likeness (QED) is 0.702. The van der Waals surface area contributed by atoms with Crippen LogP contribution in [0.25, 0.3) is 5.65 Å². The molecule has 2 aliphatic rings. The molecule has 4 heterocycles. The lowest BCUT2D eigenvalue weighted by Gasteiger charge is -2.35. The first kappa shape index (κ1) is 15.7. The summed E-state index contributed by atoms with van der Waals surface area (Å²) in [5, 5.41) is 17.4. The molecule has 1 fully saturated rings. The van der Waals surface area contributed by atoms with Gasteiger partial charge in [-0.15, -0.1) is 15.3 Å². The van der Waals surface area contributed by atoms with Gasteiger partial charge in [-0.2, -0.15) is 9.61 Å². The Balaban J connectivity index is 1.26. The van der Waals surface area contributed by atoms with Crippen molar-refractivity contribution >= 4 is 11.5 Å². The minimum Gasteiger partial charge on any atom is -0.353 e. The summed E-state index contributed by atoms with van der Waals surface area (Å²) >= 11 is 0. The van der Waals surface area contributed by atoms with Crippen molar-refractivity contribution in [2.24, 2.45) is 7.05 Å². The molecule has 0 bridgehead atoms. The third-order valence-electron chi connectivity index (χ3n) is 5.67. The highest BCUT2D eigenvalue weighted by atomic mass is 15.4. The van der Waals surface area contributed by atoms with E-state index in [0.29, 0.717) is 0 Å². The van der Waals surface area contributed by atoms with Crippen molar-refractivity contribution in [1.29, 1.82) is 0 Å². The molecule has 5 rings (SSSR count). The second-order valence-corrected chi connectivity index (χ2v) is 7.29. The largest absolute Gasteiger partial charge is 0.353 e. The van der Waals surface area contributed by atoms with E-state index in [-0.39, 0.29) is 0 Å². The van der Waals surface area contributed by atoms with Gasteiger partial charge in [-0.05, 0) is 43.4 Å². The predicted octanol–water partition coefficient (Wildman–Crippen LogP) is 1.06. The topological polar surface area (TPSA) is 67.4 Å². The summed E-state index contributed by atoms with van der Waals surface area (Å²) < 4.78 is 3.85. The van der Waals surface area contributed by atoms with Crippen LogP contribution in [0.1, 0.15) is 29.8 Å². The summed E-state index contributed by atoms with van der Waals surface area (Å²) in [7, 11) is 2.10. The zero-order valence-corrected chi connectivity index (χ0v) is 15.2. The van der Waals surface area contributed by atoms with Gasteiger partial charge >= 0.3 is 0 Å². The fourth-order valence-corrected chi connectivity index (χ4v) is 4.22. The number of fused-ring (bicyclic) bond motifs is 2. The number of piperazine rings is 1. The first-order valence-corrected chi connectivity index (χ1v) is 9.46. The Bertz CT molecular complexity index is 919. The Hall–Kier alpha value is -2.48. The van der Waals surface area contributed by atoms with Gasteiger partial charge in [-0.3, -0.25) is 9.58 Å². The van der Waals surface area contributed by atoms with E-state index in [4.69, 9.17) is 5.10 Å². The molecule has 0 N–H and O–H groups in total. The maximum Gasteiger partial charge on any atom is 0.177 e. The Labute approximate surface area is 152 Å². The van der Waals surface area contributed by atoms with Crippen LogP contribution in [0.4, 0.5) is 5.82 Å². The molecule has 8 nitrogen and oxygen atoms in total. The molecule has 1 aliphatic heterocycles. The van der Waals surface area contributed by atoms with Gasteiger partial charge in [0.2, 0.25) is 0 Å². The van der Waals surface area contributed by atoms with E-state index in [1.165, 1.54) is 42.6 Å². The number of aromatic nitrogens is 6. The molecule has 0 unspecified atom stereocenters. The normalized spacial score (nSPS) is 18.4. The van der Waals surface area contributed by atoms with E-state index in [1.807, 2.05) is 12.1 Å². The molecular weight excluding hydrogens is 328 g/mol. The molecule has 136 valence electrons. The zero-order chi connectivity index (χ0) is 17.5. The molecule has 3 aromatic heterocycles. The maximum atomic E-state index is 4.82. The highest BCUT2D eigenvalue weighted by molar-refractivity contribution is 5.45. The van der Waals surface area contributed by atoms with Gasteiger partial charge in [0.15, 0.2) is 5.65 Å². The van der Waals surface area contributed by atoms with Crippen LogP contribution in [-0.4, -0.2) is 60.7 Å². The standard InChI is InChI=1S/C18H24N8/c1-23-16-5-3-2-4-14(16)15(21-23)12-24-8-10-25(11-9-24)18-7-6-17-20-19-13-26(17)22-18/h6-7,13H,2-5,8-12H2,1H3. The van der Waals surface area contributed by atoms with Crippen molar-refractivity contribution in [3.63, 3.8) is 0 Å². The van der Waals surface area contributed by atoms with Gasteiger partial charge in [0.25, 0.3) is 0 Å². The van der Waals surface area contributed by atoms with Gasteiger partial charge < -0.3 is 4.90 Å². The Morgan fingerprint density at radius 2 is 1.85 bits per heavy atom. The van der Waals surface area contributed by atoms with Crippen LogP contribution in [0.5, 0.6) is 0 Å². The van der Waals surface area contributed by atoms with Crippen molar-refractivity contribution in [3.05, 3.63) is 35.4 Å². The van der Waals surface area contributed by atoms with Crippen molar-refractivity contribution in [1.82, 2.24) is 34.5 Å². The third-order valence-corrected chi connectivity index (χ3v) is 5.67. The summed E-state index contributed by atoms with van der Waals surface area (Å²) in [6, 6.07) is 4.01. The molecule has 1 aliphatic carbocycles. The fourth-order valence-electron chi connectivity index (χ4n) is 4.22. The molecule has 0 aromatic carbocycles. The second-order valence-electron chi connectivity index (χ2n) is 7.29. The van der Waals surface area contributed by atoms with Gasteiger partial charge in [0.1, 0.15) is 12.1 Å². The van der Waals surface area contributed by atoms with E-state index in [0.717, 1.165) is 44.2 Å². The minimum atomic E-state index is 0.785. The molecule has 3 aromatic rings. The van der Waals surface area contributed by atoms with E-state index in [1.54, 1.807) is 10.8 Å². The average molecular weight is 352 g/mol. The lowest BCUT2D eigenvalue weighted by molar-refractivity contribution is 0.245. The molecular formula is C18H24N8. The molecule has 0 atom stereocenters. The summed E-state index contributed by atoms with van der Waals surface area (Å²) in [6.07, 6.45) is 6.63. The average Bonchev–Trinajstić information content (AvgIpc) is 3.27. The van der Waals surface area contributed by atoms with Crippen LogP contribution in [0.15, 0.2) is 18.5 Å². The number of hydrogen-bond acceptors (Lipinski definition) is 6. The highest BCUT2D eigenvalue weighted by Gasteiger charge is 2.23. The summed E-state index contributed by atoms with van der Waals surface area (Å²) in [6.45, 7) is 5.00. The molecule has 1 saturated heterocycles. The zero-order valence-electron chi connectivity index (χ0n) is 15.2. The summed E-state index contributed by atoms with van der Waals surface area (Å²) in [5.41, 5.74) is 5.05. The smallest absolute Gasteiger partial charge is 0.177 e. The Morgan fingerprint density at radius 1 is 1.00 bits per heavy atom. The highest BCUT2D eigenvalue weighted by Crippen LogP contribution is 2.25. The van der Waals surface area contributed by atoms with E-state index in [9.17, 15) is 0 Å². The molecule has 0 radical (unpaired) electrons. The lowest BCUT2D eigenvalue weighted by Crippen LogP contribution is -2.46. The van der Waals surface area contributed by atoms with Crippen LogP contribution >= 0.6 is 0 Å². The van der Waals surface area contributed by atoms with Crippen LogP contribution < -0.4 is 4.90 Å². The molecule has 8 heteroatoms. The first-order valence-electron chi connectivity index (χ1n) is 9.46. The van der Waals surface area contributed by atoms with Crippen LogP contribution in [0.2, 0.25) is 0 Å². The van der Waals surface area contributed by atoms with E-state index < -0.39 is 0 Å². The van der Waals surface area contributed by atoms with Crippen LogP contribution in [0.3, 0.4) is 0 Å². The number of rotatable bonds is 3. The monoisotopic (exact) mass is 352 g/mol. The van der Waals surface area contributed by atoms with Crippen LogP contribution in [-0.2, 0) is 26.4 Å². The Kier molecular flexibility index (Phi) is 3.85. The molecule has 0 amide bonds. The third kappa shape index (κ3) is 2.74. The maximum absolute atomic E-state index is 4.82. The number of hydrogen-bond donors (Lipinski definition) is 0. The van der Waals surface area contributed by atoms with Gasteiger partial charge in [-0.1, -0.05) is 0 Å². The SMILES string of the molecule is Cn1nc(CN2CCN(c3ccc4nncn4n3)CC2)c2c1CCCC2. The van der Waals surface area contributed by atoms with E-state index in [2.05, 4.69) is 36.8 Å². The second kappa shape index (κ2) is 6.35. The number of anilines is 1. The van der Waals surface area contributed by atoms with Crippen LogP contribution in [0, 0.1) is 0 Å². The Morgan fingerprint density at radius 3 is 2.73 bits per heavy atom. The molecule has 0 spiro atoms. The van der Waals surface area contributed by atoms with Gasteiger partial charge in [-0.25, -0.2) is 0 Å². The molecule has 26 heavy (non-hydrogen) atoms. The fraction of sp³-hybridized carbons (Fsp3) is 0.556. The van der Waals surface area contributed by atoms with Crippen molar-refractivity contribution in [2.45, 2.75) is 32.2 Å². The van der Waals surface area contributed by atoms with E-state index >= 15 is 0 Å². The lowest BCUT2D eigenvalue weighted by atomic mass is 9.95. The van der Waals surface area contributed by atoms with Crippen molar-refractivity contribution in [3.8, 4) is 0 Å². The first-order chi connectivity index (χ1) is 12.8. The minimum absolute atomic E-state index is 0.785. The summed E-state index contributed by atoms with van der Waals surface area (Å²) in [5.74, 6) is 0.993. The predicted molar refractivity (Wildman–Crippen MR) is 98.1 cm³/mol. The van der Waals surface area contributed by atoms with Gasteiger partial charge in [0.05, 0.1) is 5.69 Å². The molecule has 0 saturated carbocycles. The van der Waals surface area contributed by atoms with Crippen molar-refractivity contribution in [2.75, 3.05) is 31.1 Å². The number of aryl methyl sites for hydroxylation is 1. The summed E-state index contributed by atoms with van der Waals surface area (Å²) in [4.78, 5) is 4.86. The van der Waals surface area contributed by atoms with Gasteiger partial charge in [0, 0.05) is 45.5 Å².